The van der Waals surface area contributed by atoms with E-state index in [0.29, 0.717) is 6.42 Å². The van der Waals surface area contributed by atoms with E-state index >= 15 is 0 Å². The molecule has 0 aliphatic rings. The first-order chi connectivity index (χ1) is 15.8. The zero-order valence-corrected chi connectivity index (χ0v) is 18.7. The number of aromatic nitrogens is 1. The minimum atomic E-state index is -1.15. The van der Waals surface area contributed by atoms with Crippen LogP contribution in [0.4, 0.5) is 4.79 Å². The van der Waals surface area contributed by atoms with Crippen LogP contribution in [0.25, 0.3) is 10.9 Å². The summed E-state index contributed by atoms with van der Waals surface area (Å²) in [5, 5.41) is 15.8. The zero-order valence-electron chi connectivity index (χ0n) is 18.7. The van der Waals surface area contributed by atoms with Crippen LogP contribution in [-0.2, 0) is 27.4 Å². The number of rotatable bonds is 10. The molecule has 8 nitrogen and oxygen atoms in total. The van der Waals surface area contributed by atoms with Gasteiger partial charge in [-0.05, 0) is 29.5 Å². The monoisotopic (exact) mass is 451 g/mol. The Morgan fingerprint density at radius 2 is 1.67 bits per heavy atom. The van der Waals surface area contributed by atoms with Gasteiger partial charge in [0.25, 0.3) is 0 Å². The fourth-order valence-corrected chi connectivity index (χ4v) is 3.60. The van der Waals surface area contributed by atoms with Crippen LogP contribution in [0, 0.1) is 5.92 Å². The predicted octanol–water partition coefficient (Wildman–Crippen LogP) is 3.62. The number of carboxylic acid groups (broad SMARTS) is 1. The van der Waals surface area contributed by atoms with Gasteiger partial charge in [0.05, 0.1) is 0 Å². The molecule has 0 bridgehead atoms. The van der Waals surface area contributed by atoms with Crippen molar-refractivity contribution in [2.75, 3.05) is 0 Å². The quantitative estimate of drug-likeness (QED) is 0.375. The molecule has 1 aromatic heterocycles. The molecule has 0 saturated heterocycles. The van der Waals surface area contributed by atoms with Crippen molar-refractivity contribution in [2.24, 2.45) is 5.92 Å². The van der Waals surface area contributed by atoms with Crippen LogP contribution in [0.15, 0.2) is 60.8 Å². The van der Waals surface area contributed by atoms with Crippen molar-refractivity contribution in [1.29, 1.82) is 0 Å². The topological polar surface area (TPSA) is 121 Å². The van der Waals surface area contributed by atoms with Gasteiger partial charge in [0.1, 0.15) is 18.7 Å². The molecule has 4 N–H and O–H groups in total. The summed E-state index contributed by atoms with van der Waals surface area (Å²) in [4.78, 5) is 40.2. The first-order valence-corrected chi connectivity index (χ1v) is 10.9. The number of para-hydroxylation sites is 1. The molecule has 0 fully saturated rings. The maximum Gasteiger partial charge on any atom is 0.408 e. The number of aromatic amines is 1. The standard InChI is InChI=1S/C25H29N3O5/c1-16(2)12-21(28-25(32)33-15-17-8-4-3-5-9-17)23(29)27-22(24(30)31)13-18-14-26-20-11-7-6-10-19(18)20/h3-11,14,16,21-22,26H,12-13,15H2,1-2H3,(H,27,29)(H,28,32)(H,30,31)/t21-,22+/m1/s1. The van der Waals surface area contributed by atoms with Gasteiger partial charge in [0.2, 0.25) is 5.91 Å². The van der Waals surface area contributed by atoms with Crippen molar-refractivity contribution in [3.05, 3.63) is 71.9 Å². The number of benzene rings is 2. The number of hydrogen-bond acceptors (Lipinski definition) is 4. The lowest BCUT2D eigenvalue weighted by Crippen LogP contribution is -2.52. The molecule has 3 rings (SSSR count). The molecule has 0 aliphatic carbocycles. The summed E-state index contributed by atoms with van der Waals surface area (Å²) in [5.41, 5.74) is 2.50. The van der Waals surface area contributed by atoms with Gasteiger partial charge in [-0.2, -0.15) is 0 Å². The van der Waals surface area contributed by atoms with Crippen LogP contribution in [0.1, 0.15) is 31.4 Å². The average Bonchev–Trinajstić information content (AvgIpc) is 3.20. The third kappa shape index (κ3) is 6.83. The van der Waals surface area contributed by atoms with Gasteiger partial charge < -0.3 is 25.5 Å². The molecule has 8 heteroatoms. The maximum absolute atomic E-state index is 12.9. The van der Waals surface area contributed by atoms with Gasteiger partial charge in [-0.25, -0.2) is 9.59 Å². The molecule has 0 saturated carbocycles. The molecular weight excluding hydrogens is 422 g/mol. The Kier molecular flexibility index (Phi) is 8.07. The van der Waals surface area contributed by atoms with Gasteiger partial charge in [-0.15, -0.1) is 0 Å². The minimum Gasteiger partial charge on any atom is -0.480 e. The smallest absolute Gasteiger partial charge is 0.408 e. The Balaban J connectivity index is 1.65. The fraction of sp³-hybridized carbons (Fsp3) is 0.320. The molecule has 0 unspecified atom stereocenters. The highest BCUT2D eigenvalue weighted by molar-refractivity contribution is 5.90. The van der Waals surface area contributed by atoms with Crippen molar-refractivity contribution in [2.45, 2.75) is 45.4 Å². The lowest BCUT2D eigenvalue weighted by atomic mass is 10.0. The second-order valence-corrected chi connectivity index (χ2v) is 8.35. The summed E-state index contributed by atoms with van der Waals surface area (Å²) >= 11 is 0. The highest BCUT2D eigenvalue weighted by Crippen LogP contribution is 2.19. The first-order valence-electron chi connectivity index (χ1n) is 10.9. The number of aliphatic carboxylic acids is 1. The van der Waals surface area contributed by atoms with Crippen molar-refractivity contribution in [3.63, 3.8) is 0 Å². The van der Waals surface area contributed by atoms with E-state index in [1.54, 1.807) is 6.20 Å². The molecule has 2 aromatic carbocycles. The first kappa shape index (κ1) is 23.8. The van der Waals surface area contributed by atoms with Crippen molar-refractivity contribution in [1.82, 2.24) is 15.6 Å². The Morgan fingerprint density at radius 3 is 2.36 bits per heavy atom. The third-order valence-corrected chi connectivity index (χ3v) is 5.24. The van der Waals surface area contributed by atoms with Gasteiger partial charge >= 0.3 is 12.1 Å². The molecule has 0 spiro atoms. The van der Waals surface area contributed by atoms with Gasteiger partial charge in [0.15, 0.2) is 0 Å². The number of alkyl carbamates (subject to hydrolysis) is 1. The highest BCUT2D eigenvalue weighted by atomic mass is 16.5. The summed E-state index contributed by atoms with van der Waals surface area (Å²) in [6, 6.07) is 14.7. The number of fused-ring (bicyclic) bond motifs is 1. The van der Waals surface area contributed by atoms with Crippen molar-refractivity contribution < 1.29 is 24.2 Å². The summed E-state index contributed by atoms with van der Waals surface area (Å²) in [7, 11) is 0. The van der Waals surface area contributed by atoms with Crippen LogP contribution < -0.4 is 10.6 Å². The number of carboxylic acids is 1. The normalized spacial score (nSPS) is 12.8. The Labute approximate surface area is 192 Å². The van der Waals surface area contributed by atoms with Crippen molar-refractivity contribution >= 4 is 28.9 Å². The third-order valence-electron chi connectivity index (χ3n) is 5.24. The van der Waals surface area contributed by atoms with Gasteiger partial charge in [0, 0.05) is 23.5 Å². The zero-order chi connectivity index (χ0) is 23.8. The predicted molar refractivity (Wildman–Crippen MR) is 125 cm³/mol. The van der Waals surface area contributed by atoms with Crippen LogP contribution in [0.3, 0.4) is 0 Å². The van der Waals surface area contributed by atoms with Gasteiger partial charge in [-0.3, -0.25) is 4.79 Å². The number of nitrogens with one attached hydrogen (secondary N) is 3. The number of carbonyl (C=O) groups is 3. The highest BCUT2D eigenvalue weighted by Gasteiger charge is 2.28. The fourth-order valence-electron chi connectivity index (χ4n) is 3.60. The van der Waals surface area contributed by atoms with E-state index in [9.17, 15) is 19.5 Å². The SMILES string of the molecule is CC(C)C[C@@H](NC(=O)OCc1ccccc1)C(=O)N[C@@H](Cc1c[nH]c2ccccc12)C(=O)O. The average molecular weight is 452 g/mol. The number of amides is 2. The second kappa shape index (κ2) is 11.2. The van der Waals surface area contributed by atoms with E-state index in [-0.39, 0.29) is 18.9 Å². The Morgan fingerprint density at radius 1 is 0.970 bits per heavy atom. The van der Waals surface area contributed by atoms with Crippen LogP contribution in [0.2, 0.25) is 0 Å². The number of hydrogen-bond donors (Lipinski definition) is 4. The van der Waals surface area contributed by atoms with Crippen LogP contribution >= 0.6 is 0 Å². The van der Waals surface area contributed by atoms with E-state index in [4.69, 9.17) is 4.74 Å². The van der Waals surface area contributed by atoms with E-state index < -0.39 is 30.1 Å². The van der Waals surface area contributed by atoms with Gasteiger partial charge in [-0.1, -0.05) is 62.4 Å². The summed E-state index contributed by atoms with van der Waals surface area (Å²) in [5.74, 6) is -1.62. The molecule has 3 aromatic rings. The maximum atomic E-state index is 12.9. The molecule has 0 radical (unpaired) electrons. The molecular formula is C25H29N3O5. The minimum absolute atomic E-state index is 0.0704. The molecule has 2 atom stereocenters. The summed E-state index contributed by atoms with van der Waals surface area (Å²) in [6.45, 7) is 3.90. The largest absolute Gasteiger partial charge is 0.480 e. The summed E-state index contributed by atoms with van der Waals surface area (Å²) < 4.78 is 5.23. The molecule has 174 valence electrons. The molecule has 1 heterocycles. The number of ether oxygens (including phenoxy) is 1. The number of carbonyl (C=O) groups excluding carboxylic acids is 2. The van der Waals surface area contributed by atoms with Crippen LogP contribution in [-0.4, -0.2) is 40.1 Å². The molecule has 33 heavy (non-hydrogen) atoms. The Hall–Kier alpha value is -3.81. The van der Waals surface area contributed by atoms with Crippen molar-refractivity contribution in [3.8, 4) is 0 Å². The van der Waals surface area contributed by atoms with E-state index in [0.717, 1.165) is 22.0 Å². The van der Waals surface area contributed by atoms with E-state index in [1.807, 2.05) is 68.4 Å². The van der Waals surface area contributed by atoms with E-state index in [2.05, 4.69) is 15.6 Å². The Bertz CT molecular complexity index is 1090. The molecule has 0 aliphatic heterocycles. The second-order valence-electron chi connectivity index (χ2n) is 8.35. The van der Waals surface area contributed by atoms with Crippen LogP contribution in [0.5, 0.6) is 0 Å². The van der Waals surface area contributed by atoms with E-state index in [1.165, 1.54) is 0 Å². The lowest BCUT2D eigenvalue weighted by molar-refractivity contribution is -0.142. The lowest BCUT2D eigenvalue weighted by Gasteiger charge is -2.22. The summed E-state index contributed by atoms with van der Waals surface area (Å²) in [6.07, 6.45) is 1.46. The number of H-pyrrole nitrogens is 1. The molecule has 2 amide bonds.